The Morgan fingerprint density at radius 3 is 2.24 bits per heavy atom. The Morgan fingerprint density at radius 2 is 1.76 bits per heavy atom. The first-order valence-corrected chi connectivity index (χ1v) is 5.91. The van der Waals surface area contributed by atoms with Gasteiger partial charge in [-0.1, -0.05) is 12.2 Å². The summed E-state index contributed by atoms with van der Waals surface area (Å²) in [7, 11) is 0. The van der Waals surface area contributed by atoms with E-state index in [2.05, 4.69) is 12.2 Å². The minimum absolute atomic E-state index is 0.0552. The fourth-order valence-electron chi connectivity index (χ4n) is 3.41. The lowest BCUT2D eigenvalue weighted by atomic mass is 9.85. The van der Waals surface area contributed by atoms with Crippen LogP contribution in [0.25, 0.3) is 0 Å². The third-order valence-corrected chi connectivity index (χ3v) is 4.14. The zero-order valence-electron chi connectivity index (χ0n) is 9.33. The number of nitrogens with two attached hydrogens (primary N) is 1. The summed E-state index contributed by atoms with van der Waals surface area (Å²) in [6, 6.07) is 0. The molecule has 0 aromatic carbocycles. The lowest BCUT2D eigenvalue weighted by molar-refractivity contribution is -0.140. The van der Waals surface area contributed by atoms with Gasteiger partial charge < -0.3 is 5.73 Å². The quantitative estimate of drug-likeness (QED) is 0.536. The monoisotopic (exact) mass is 234 g/mol. The van der Waals surface area contributed by atoms with Crippen LogP contribution in [0.1, 0.15) is 12.8 Å². The molecule has 1 saturated carbocycles. The summed E-state index contributed by atoms with van der Waals surface area (Å²) >= 11 is 0. The van der Waals surface area contributed by atoms with Crippen molar-refractivity contribution in [1.29, 1.82) is 0 Å². The van der Waals surface area contributed by atoms with E-state index < -0.39 is 5.91 Å². The van der Waals surface area contributed by atoms with Crippen molar-refractivity contribution in [3.05, 3.63) is 12.2 Å². The molecule has 0 radical (unpaired) electrons. The number of hydrogen-bond donors (Lipinski definition) is 1. The molecule has 2 bridgehead atoms. The van der Waals surface area contributed by atoms with E-state index in [-0.39, 0.29) is 48.5 Å². The van der Waals surface area contributed by atoms with Gasteiger partial charge in [-0.3, -0.25) is 19.3 Å². The second-order valence-corrected chi connectivity index (χ2v) is 5.04. The van der Waals surface area contributed by atoms with Crippen molar-refractivity contribution in [3.63, 3.8) is 0 Å². The first-order valence-electron chi connectivity index (χ1n) is 5.91. The van der Waals surface area contributed by atoms with Gasteiger partial charge in [0.25, 0.3) is 0 Å². The summed E-state index contributed by atoms with van der Waals surface area (Å²) in [4.78, 5) is 36.2. The molecule has 90 valence electrons. The number of allylic oxidation sites excluding steroid dienone is 2. The maximum atomic E-state index is 12.1. The van der Waals surface area contributed by atoms with Crippen LogP contribution in [0.5, 0.6) is 0 Å². The summed E-state index contributed by atoms with van der Waals surface area (Å²) < 4.78 is 0. The molecule has 2 aliphatic carbocycles. The average molecular weight is 234 g/mol. The molecule has 17 heavy (non-hydrogen) atoms. The van der Waals surface area contributed by atoms with E-state index >= 15 is 0 Å². The van der Waals surface area contributed by atoms with Gasteiger partial charge in [-0.2, -0.15) is 0 Å². The van der Waals surface area contributed by atoms with Gasteiger partial charge in [-0.05, 0) is 18.3 Å². The number of imide groups is 1. The van der Waals surface area contributed by atoms with Crippen LogP contribution in [0, 0.1) is 23.7 Å². The molecule has 0 aromatic heterocycles. The molecule has 5 heteroatoms. The van der Waals surface area contributed by atoms with E-state index in [0.717, 1.165) is 6.42 Å². The number of rotatable bonds is 3. The summed E-state index contributed by atoms with van der Waals surface area (Å²) in [5.74, 6) is -0.615. The molecule has 2 N–H and O–H groups in total. The van der Waals surface area contributed by atoms with Crippen molar-refractivity contribution in [2.24, 2.45) is 29.4 Å². The molecular weight excluding hydrogens is 220 g/mol. The van der Waals surface area contributed by atoms with Gasteiger partial charge in [-0.25, -0.2) is 0 Å². The number of likely N-dealkylation sites (tertiary alicyclic amines) is 1. The highest BCUT2D eigenvalue weighted by Crippen LogP contribution is 2.52. The highest BCUT2D eigenvalue weighted by Gasteiger charge is 2.58. The first-order chi connectivity index (χ1) is 8.09. The number of primary amides is 1. The normalized spacial score (nSPS) is 38.0. The van der Waals surface area contributed by atoms with Gasteiger partial charge in [0, 0.05) is 13.0 Å². The second kappa shape index (κ2) is 3.42. The van der Waals surface area contributed by atoms with Crippen LogP contribution in [-0.2, 0) is 14.4 Å². The molecule has 0 aromatic rings. The van der Waals surface area contributed by atoms with Crippen LogP contribution in [0.2, 0.25) is 0 Å². The molecule has 4 atom stereocenters. The molecule has 3 rings (SSSR count). The highest BCUT2D eigenvalue weighted by atomic mass is 16.2. The topological polar surface area (TPSA) is 80.5 Å². The summed E-state index contributed by atoms with van der Waals surface area (Å²) in [5, 5.41) is 0. The summed E-state index contributed by atoms with van der Waals surface area (Å²) in [6.07, 6.45) is 5.08. The second-order valence-electron chi connectivity index (χ2n) is 5.04. The minimum Gasteiger partial charge on any atom is -0.370 e. The van der Waals surface area contributed by atoms with Gasteiger partial charge >= 0.3 is 0 Å². The first kappa shape index (κ1) is 10.5. The van der Waals surface area contributed by atoms with E-state index in [0.29, 0.717) is 0 Å². The lowest BCUT2D eigenvalue weighted by Crippen LogP contribution is -2.35. The van der Waals surface area contributed by atoms with Gasteiger partial charge in [0.05, 0.1) is 11.8 Å². The van der Waals surface area contributed by atoms with Crippen LogP contribution in [0.4, 0.5) is 0 Å². The maximum absolute atomic E-state index is 12.1. The Balaban J connectivity index is 1.80. The van der Waals surface area contributed by atoms with E-state index in [1.165, 1.54) is 4.90 Å². The van der Waals surface area contributed by atoms with Crippen LogP contribution in [0.3, 0.4) is 0 Å². The van der Waals surface area contributed by atoms with Crippen molar-refractivity contribution in [2.45, 2.75) is 12.8 Å². The number of amides is 3. The standard InChI is InChI=1S/C12H14N2O3/c13-8(15)3-4-14-11(16)9-6-1-2-7(5-6)10(9)12(14)17/h1-2,6-7,9-10H,3-5H2,(H2,13,15). The Bertz CT molecular complexity index is 413. The smallest absolute Gasteiger partial charge is 0.233 e. The molecule has 0 spiro atoms. The highest BCUT2D eigenvalue weighted by molar-refractivity contribution is 6.06. The summed E-state index contributed by atoms with van der Waals surface area (Å²) in [5.41, 5.74) is 5.04. The third-order valence-electron chi connectivity index (χ3n) is 4.14. The van der Waals surface area contributed by atoms with E-state index in [9.17, 15) is 14.4 Å². The zero-order chi connectivity index (χ0) is 12.2. The number of hydrogen-bond acceptors (Lipinski definition) is 3. The van der Waals surface area contributed by atoms with Crippen molar-refractivity contribution >= 4 is 17.7 Å². The minimum atomic E-state index is -0.483. The largest absolute Gasteiger partial charge is 0.370 e. The van der Waals surface area contributed by atoms with Crippen LogP contribution < -0.4 is 5.73 Å². The Kier molecular flexibility index (Phi) is 2.11. The van der Waals surface area contributed by atoms with Crippen molar-refractivity contribution in [1.82, 2.24) is 4.90 Å². The fraction of sp³-hybridized carbons (Fsp3) is 0.583. The van der Waals surface area contributed by atoms with Crippen LogP contribution in [-0.4, -0.2) is 29.2 Å². The molecular formula is C12H14N2O3. The number of nitrogens with zero attached hydrogens (tertiary/aromatic N) is 1. The average Bonchev–Trinajstić information content (AvgIpc) is 2.92. The SMILES string of the molecule is NC(=O)CCN1C(=O)C2C3C=CC(C3)C2C1=O. The van der Waals surface area contributed by atoms with E-state index in [1.54, 1.807) is 0 Å². The predicted octanol–water partition coefficient (Wildman–Crippen LogP) is -0.331. The van der Waals surface area contributed by atoms with Crippen molar-refractivity contribution in [3.8, 4) is 0 Å². The van der Waals surface area contributed by atoms with Crippen LogP contribution >= 0.6 is 0 Å². The van der Waals surface area contributed by atoms with Crippen molar-refractivity contribution in [2.75, 3.05) is 6.54 Å². The Morgan fingerprint density at radius 1 is 1.24 bits per heavy atom. The van der Waals surface area contributed by atoms with E-state index in [1.807, 2.05) is 0 Å². The Labute approximate surface area is 98.6 Å². The Hall–Kier alpha value is -1.65. The van der Waals surface area contributed by atoms with E-state index in [4.69, 9.17) is 5.73 Å². The van der Waals surface area contributed by atoms with Gasteiger partial charge in [0.15, 0.2) is 0 Å². The van der Waals surface area contributed by atoms with Crippen molar-refractivity contribution < 1.29 is 14.4 Å². The third kappa shape index (κ3) is 1.34. The maximum Gasteiger partial charge on any atom is 0.233 e. The number of carbonyl (C=O) groups excluding carboxylic acids is 3. The fourth-order valence-corrected chi connectivity index (χ4v) is 3.41. The number of carbonyl (C=O) groups is 3. The summed E-state index contributed by atoms with van der Waals surface area (Å²) in [6.45, 7) is 0.138. The van der Waals surface area contributed by atoms with Gasteiger partial charge in [-0.15, -0.1) is 0 Å². The lowest BCUT2D eigenvalue weighted by Gasteiger charge is -2.15. The molecule has 1 heterocycles. The van der Waals surface area contributed by atoms with Crippen LogP contribution in [0.15, 0.2) is 12.2 Å². The number of fused-ring (bicyclic) bond motifs is 5. The molecule has 3 aliphatic rings. The molecule has 4 unspecified atom stereocenters. The molecule has 2 fully saturated rings. The molecule has 1 saturated heterocycles. The molecule has 3 amide bonds. The molecule has 5 nitrogen and oxygen atoms in total. The zero-order valence-corrected chi connectivity index (χ0v) is 9.33. The molecule has 1 aliphatic heterocycles. The van der Waals surface area contributed by atoms with Gasteiger partial charge in [0.1, 0.15) is 0 Å². The predicted molar refractivity (Wildman–Crippen MR) is 58.2 cm³/mol. The van der Waals surface area contributed by atoms with Gasteiger partial charge in [0.2, 0.25) is 17.7 Å².